The van der Waals surface area contributed by atoms with Gasteiger partial charge in [0.15, 0.2) is 5.69 Å². The molecule has 116 valence electrons. The number of hydrogen-bond donors (Lipinski definition) is 2. The van der Waals surface area contributed by atoms with Crippen molar-refractivity contribution in [3.8, 4) is 17.4 Å². The maximum Gasteiger partial charge on any atom is 0.573 e. The van der Waals surface area contributed by atoms with E-state index in [9.17, 15) is 18.0 Å². The number of imidazole rings is 1. The molecular formula is C12H8F3N3O4. The largest absolute Gasteiger partial charge is 0.573 e. The number of halogens is 3. The van der Waals surface area contributed by atoms with Gasteiger partial charge in [-0.05, 0) is 19.1 Å². The molecule has 1 aromatic heterocycles. The number of nitrogens with one attached hydrogen (secondary N) is 1. The standard InChI is InChI=1S/C12H8F3N3O4/c1-5-9(10(19)20)16-11-18(5)8-3-2-6(21-12(13,14)15)4-7(8)17-22-11/h2-4,17H,1H3,(H,19,20). The van der Waals surface area contributed by atoms with Crippen LogP contribution in [0, 0.1) is 6.92 Å². The third-order valence-corrected chi connectivity index (χ3v) is 2.97. The molecule has 2 N–H and O–H groups in total. The number of anilines is 1. The van der Waals surface area contributed by atoms with E-state index < -0.39 is 18.1 Å². The number of fused-ring (bicyclic) bond motifs is 3. The van der Waals surface area contributed by atoms with E-state index >= 15 is 0 Å². The van der Waals surface area contributed by atoms with Gasteiger partial charge in [0, 0.05) is 6.07 Å². The van der Waals surface area contributed by atoms with Crippen molar-refractivity contribution in [1.29, 1.82) is 0 Å². The maximum atomic E-state index is 12.2. The smallest absolute Gasteiger partial charge is 0.476 e. The minimum absolute atomic E-state index is 0.0214. The molecular weight excluding hydrogens is 307 g/mol. The highest BCUT2D eigenvalue weighted by Crippen LogP contribution is 2.36. The Morgan fingerprint density at radius 2 is 2.18 bits per heavy atom. The average Bonchev–Trinajstić information content (AvgIpc) is 2.74. The Morgan fingerprint density at radius 3 is 2.82 bits per heavy atom. The average molecular weight is 315 g/mol. The minimum atomic E-state index is -4.81. The number of rotatable bonds is 2. The third kappa shape index (κ3) is 2.28. The van der Waals surface area contributed by atoms with Gasteiger partial charge in [-0.2, -0.15) is 4.98 Å². The fraction of sp³-hybridized carbons (Fsp3) is 0.167. The van der Waals surface area contributed by atoms with Crippen molar-refractivity contribution in [2.45, 2.75) is 13.3 Å². The van der Waals surface area contributed by atoms with Crippen LogP contribution in [0.2, 0.25) is 0 Å². The monoisotopic (exact) mass is 315 g/mol. The SMILES string of the molecule is Cc1c(C(=O)O)nc2n1-c1ccc(OC(F)(F)F)cc1NO2. The van der Waals surface area contributed by atoms with Crippen LogP contribution in [0.15, 0.2) is 18.2 Å². The molecule has 3 rings (SSSR count). The van der Waals surface area contributed by atoms with Crippen LogP contribution in [0.25, 0.3) is 5.69 Å². The molecule has 2 aromatic rings. The Balaban J connectivity index is 2.06. The number of carbonyl (C=O) groups is 1. The Bertz CT molecular complexity index is 770. The van der Waals surface area contributed by atoms with Crippen molar-refractivity contribution in [3.63, 3.8) is 0 Å². The molecule has 2 heterocycles. The highest BCUT2D eigenvalue weighted by molar-refractivity contribution is 5.87. The number of hydrogen-bond acceptors (Lipinski definition) is 5. The van der Waals surface area contributed by atoms with Crippen LogP contribution < -0.4 is 15.1 Å². The predicted molar refractivity (Wildman–Crippen MR) is 66.2 cm³/mol. The van der Waals surface area contributed by atoms with Crippen molar-refractivity contribution >= 4 is 11.7 Å². The summed E-state index contributed by atoms with van der Waals surface area (Å²) in [6.07, 6.45) is -4.81. The molecule has 10 heteroatoms. The number of carboxylic acids is 1. The third-order valence-electron chi connectivity index (χ3n) is 2.97. The zero-order valence-electron chi connectivity index (χ0n) is 10.9. The minimum Gasteiger partial charge on any atom is -0.476 e. The lowest BCUT2D eigenvalue weighted by Crippen LogP contribution is -2.20. The highest BCUT2D eigenvalue weighted by atomic mass is 19.4. The van der Waals surface area contributed by atoms with Gasteiger partial charge in [-0.25, -0.2) is 10.3 Å². The number of benzene rings is 1. The van der Waals surface area contributed by atoms with Gasteiger partial charge in [-0.3, -0.25) is 4.57 Å². The second-order valence-electron chi connectivity index (χ2n) is 4.40. The first-order valence-electron chi connectivity index (χ1n) is 5.92. The first-order chi connectivity index (χ1) is 10.3. The molecule has 22 heavy (non-hydrogen) atoms. The topological polar surface area (TPSA) is 85.6 Å². The summed E-state index contributed by atoms with van der Waals surface area (Å²) in [5, 5.41) is 9.04. The molecule has 0 atom stereocenters. The first-order valence-corrected chi connectivity index (χ1v) is 5.92. The second-order valence-corrected chi connectivity index (χ2v) is 4.40. The van der Waals surface area contributed by atoms with Crippen molar-refractivity contribution in [2.24, 2.45) is 0 Å². The van der Waals surface area contributed by atoms with Crippen LogP contribution in [-0.2, 0) is 0 Å². The normalized spacial score (nSPS) is 12.7. The number of ether oxygens (including phenoxy) is 1. The van der Waals surface area contributed by atoms with E-state index in [1.807, 2.05) is 0 Å². The summed E-state index contributed by atoms with van der Waals surface area (Å²) in [7, 11) is 0. The molecule has 1 aliphatic heterocycles. The molecule has 0 spiro atoms. The fourth-order valence-electron chi connectivity index (χ4n) is 2.12. The lowest BCUT2D eigenvalue weighted by molar-refractivity contribution is -0.274. The van der Waals surface area contributed by atoms with E-state index in [-0.39, 0.29) is 23.1 Å². The summed E-state index contributed by atoms with van der Waals surface area (Å²) in [4.78, 5) is 19.9. The van der Waals surface area contributed by atoms with Crippen LogP contribution >= 0.6 is 0 Å². The van der Waals surface area contributed by atoms with E-state index in [2.05, 4.69) is 15.2 Å². The second kappa shape index (κ2) is 4.55. The van der Waals surface area contributed by atoms with Crippen LogP contribution in [0.3, 0.4) is 0 Å². The molecule has 0 fully saturated rings. The van der Waals surface area contributed by atoms with E-state index in [0.29, 0.717) is 5.69 Å². The number of nitrogens with zero attached hydrogens (tertiary/aromatic N) is 2. The molecule has 0 bridgehead atoms. The lowest BCUT2D eigenvalue weighted by atomic mass is 10.2. The molecule has 0 saturated carbocycles. The zero-order valence-corrected chi connectivity index (χ0v) is 10.9. The molecule has 0 amide bonds. The number of aromatic carboxylic acids is 1. The Hall–Kier alpha value is -2.91. The quantitative estimate of drug-likeness (QED) is 0.885. The van der Waals surface area contributed by atoms with Gasteiger partial charge in [-0.1, -0.05) is 0 Å². The van der Waals surface area contributed by atoms with E-state index in [0.717, 1.165) is 12.1 Å². The molecule has 0 radical (unpaired) electrons. The highest BCUT2D eigenvalue weighted by Gasteiger charge is 2.32. The molecule has 0 saturated heterocycles. The van der Waals surface area contributed by atoms with E-state index in [4.69, 9.17) is 9.94 Å². The molecule has 0 aliphatic carbocycles. The van der Waals surface area contributed by atoms with Crippen LogP contribution in [-0.4, -0.2) is 27.0 Å². The molecule has 0 unspecified atom stereocenters. The molecule has 7 nitrogen and oxygen atoms in total. The first kappa shape index (κ1) is 14.0. The van der Waals surface area contributed by atoms with Gasteiger partial charge in [0.2, 0.25) is 0 Å². The summed E-state index contributed by atoms with van der Waals surface area (Å²) in [6.45, 7) is 1.51. The van der Waals surface area contributed by atoms with Crippen molar-refractivity contribution < 1.29 is 32.6 Å². The van der Waals surface area contributed by atoms with Crippen molar-refractivity contribution in [3.05, 3.63) is 29.6 Å². The van der Waals surface area contributed by atoms with Gasteiger partial charge >= 0.3 is 18.3 Å². The number of aromatic nitrogens is 2. The van der Waals surface area contributed by atoms with Gasteiger partial charge in [-0.15, -0.1) is 13.2 Å². The van der Waals surface area contributed by atoms with Crippen LogP contribution in [0.5, 0.6) is 11.8 Å². The fourth-order valence-corrected chi connectivity index (χ4v) is 2.12. The summed E-state index contributed by atoms with van der Waals surface area (Å²) in [5.74, 6) is -1.66. The van der Waals surface area contributed by atoms with Crippen LogP contribution in [0.1, 0.15) is 16.2 Å². The van der Waals surface area contributed by atoms with Crippen LogP contribution in [0.4, 0.5) is 18.9 Å². The van der Waals surface area contributed by atoms with Crippen molar-refractivity contribution in [1.82, 2.24) is 9.55 Å². The van der Waals surface area contributed by atoms with Gasteiger partial charge in [0.25, 0.3) is 0 Å². The molecule has 1 aliphatic rings. The summed E-state index contributed by atoms with van der Waals surface area (Å²) < 4.78 is 41.8. The Labute approximate surface area is 120 Å². The van der Waals surface area contributed by atoms with Gasteiger partial charge in [0.1, 0.15) is 5.75 Å². The van der Waals surface area contributed by atoms with E-state index in [1.165, 1.54) is 17.6 Å². The van der Waals surface area contributed by atoms with E-state index in [1.54, 1.807) is 0 Å². The Morgan fingerprint density at radius 1 is 1.45 bits per heavy atom. The van der Waals surface area contributed by atoms with Gasteiger partial charge < -0.3 is 14.7 Å². The Kier molecular flexibility index (Phi) is 2.90. The predicted octanol–water partition coefficient (Wildman–Crippen LogP) is 2.50. The maximum absolute atomic E-state index is 12.2. The summed E-state index contributed by atoms with van der Waals surface area (Å²) >= 11 is 0. The van der Waals surface area contributed by atoms with Crippen molar-refractivity contribution in [2.75, 3.05) is 5.48 Å². The zero-order chi connectivity index (χ0) is 16.1. The lowest BCUT2D eigenvalue weighted by Gasteiger charge is -2.21. The molecule has 1 aromatic carbocycles. The number of alkyl halides is 3. The van der Waals surface area contributed by atoms with Gasteiger partial charge in [0.05, 0.1) is 17.1 Å². The summed E-state index contributed by atoms with van der Waals surface area (Å²) in [6, 6.07) is 3.52. The number of carboxylic acid groups (broad SMARTS) is 1. The summed E-state index contributed by atoms with van der Waals surface area (Å²) in [5.41, 5.74) is 3.06.